The second-order valence-corrected chi connectivity index (χ2v) is 4.37. The number of para-hydroxylation sites is 1. The summed E-state index contributed by atoms with van der Waals surface area (Å²) in [5, 5.41) is 15.2. The molecule has 3 aromatic rings. The maximum absolute atomic E-state index is 9.56. The lowest BCUT2D eigenvalue weighted by molar-refractivity contribution is 0.476. The summed E-state index contributed by atoms with van der Waals surface area (Å²) in [6, 6.07) is 13.6. The van der Waals surface area contributed by atoms with Crippen LogP contribution in [0.3, 0.4) is 0 Å². The number of aromatic nitrogens is 2. The molecule has 1 aliphatic rings. The molecule has 3 nitrogen and oxygen atoms in total. The van der Waals surface area contributed by atoms with E-state index < -0.39 is 0 Å². The first-order valence-corrected chi connectivity index (χ1v) is 5.62. The van der Waals surface area contributed by atoms with Crippen LogP contribution in [0.5, 0.6) is 5.75 Å². The van der Waals surface area contributed by atoms with Crippen LogP contribution in [0.1, 0.15) is 11.3 Å². The molecule has 1 aromatic heterocycles. The molecule has 4 rings (SSSR count). The highest BCUT2D eigenvalue weighted by atomic mass is 16.3. The molecular weight excluding hydrogens is 212 g/mol. The molecule has 0 radical (unpaired) electrons. The fraction of sp³-hybridized carbons (Fsp3) is 0.0714. The molecule has 1 N–H and O–H groups in total. The van der Waals surface area contributed by atoms with Crippen molar-refractivity contribution in [2.24, 2.45) is 0 Å². The Balaban J connectivity index is 2.09. The van der Waals surface area contributed by atoms with Gasteiger partial charge in [-0.3, -0.25) is 0 Å². The van der Waals surface area contributed by atoms with Crippen molar-refractivity contribution in [3.63, 3.8) is 0 Å². The Morgan fingerprint density at radius 3 is 2.94 bits per heavy atom. The molecule has 0 spiro atoms. The van der Waals surface area contributed by atoms with Crippen molar-refractivity contribution >= 4 is 10.9 Å². The van der Waals surface area contributed by atoms with Crippen molar-refractivity contribution in [3.05, 3.63) is 53.7 Å². The summed E-state index contributed by atoms with van der Waals surface area (Å²) in [5.74, 6) is 0.296. The molecule has 0 saturated carbocycles. The van der Waals surface area contributed by atoms with E-state index in [4.69, 9.17) is 0 Å². The lowest BCUT2D eigenvalue weighted by Gasteiger charge is -1.98. The molecule has 0 fully saturated rings. The average molecular weight is 222 g/mol. The second kappa shape index (κ2) is 2.88. The Kier molecular flexibility index (Phi) is 1.50. The summed E-state index contributed by atoms with van der Waals surface area (Å²) in [4.78, 5) is 0. The molecule has 82 valence electrons. The van der Waals surface area contributed by atoms with E-state index in [0.29, 0.717) is 5.75 Å². The summed E-state index contributed by atoms with van der Waals surface area (Å²) in [6.07, 6.45) is 0.885. The maximum atomic E-state index is 9.56. The minimum Gasteiger partial charge on any atom is -0.508 e. The van der Waals surface area contributed by atoms with Crippen LogP contribution in [0.25, 0.3) is 16.6 Å². The zero-order valence-corrected chi connectivity index (χ0v) is 9.09. The number of phenols is 1. The van der Waals surface area contributed by atoms with Crippen molar-refractivity contribution in [1.82, 2.24) is 9.78 Å². The standard InChI is InChI=1S/C14H10N2O/c17-10-5-6-12-11(8-10)14-7-9-3-1-2-4-13(9)16(14)15-12/h1-6,8,17H,7H2. The van der Waals surface area contributed by atoms with Crippen LogP contribution in [-0.2, 0) is 6.42 Å². The fourth-order valence-electron chi connectivity index (χ4n) is 2.54. The van der Waals surface area contributed by atoms with E-state index in [1.165, 1.54) is 5.56 Å². The first-order chi connectivity index (χ1) is 8.33. The Morgan fingerprint density at radius 1 is 1.12 bits per heavy atom. The van der Waals surface area contributed by atoms with Crippen LogP contribution in [0.15, 0.2) is 42.5 Å². The Morgan fingerprint density at radius 2 is 2.00 bits per heavy atom. The van der Waals surface area contributed by atoms with Gasteiger partial charge in [-0.15, -0.1) is 0 Å². The van der Waals surface area contributed by atoms with Gasteiger partial charge in [0.15, 0.2) is 0 Å². The number of rotatable bonds is 0. The van der Waals surface area contributed by atoms with Gasteiger partial charge in [0.05, 0.1) is 16.9 Å². The van der Waals surface area contributed by atoms with E-state index in [2.05, 4.69) is 17.2 Å². The zero-order chi connectivity index (χ0) is 11.4. The van der Waals surface area contributed by atoms with Crippen molar-refractivity contribution in [2.45, 2.75) is 6.42 Å². The zero-order valence-electron chi connectivity index (χ0n) is 9.09. The van der Waals surface area contributed by atoms with Crippen molar-refractivity contribution in [1.29, 1.82) is 0 Å². The van der Waals surface area contributed by atoms with Gasteiger partial charge in [0.1, 0.15) is 5.75 Å². The van der Waals surface area contributed by atoms with E-state index in [0.717, 1.165) is 28.7 Å². The van der Waals surface area contributed by atoms with E-state index >= 15 is 0 Å². The van der Waals surface area contributed by atoms with Gasteiger partial charge in [-0.1, -0.05) is 18.2 Å². The quantitative estimate of drug-likeness (QED) is 0.496. The van der Waals surface area contributed by atoms with Crippen LogP contribution >= 0.6 is 0 Å². The highest BCUT2D eigenvalue weighted by Crippen LogP contribution is 2.33. The number of hydrogen-bond acceptors (Lipinski definition) is 2. The third-order valence-electron chi connectivity index (χ3n) is 3.33. The van der Waals surface area contributed by atoms with E-state index in [1.54, 1.807) is 12.1 Å². The smallest absolute Gasteiger partial charge is 0.116 e. The molecule has 0 amide bonds. The third-order valence-corrected chi connectivity index (χ3v) is 3.33. The molecule has 3 heteroatoms. The number of fused-ring (bicyclic) bond motifs is 5. The van der Waals surface area contributed by atoms with E-state index in [9.17, 15) is 5.11 Å². The SMILES string of the molecule is Oc1ccc2nn3c(c2c1)Cc1ccccc1-3. The van der Waals surface area contributed by atoms with Crippen LogP contribution < -0.4 is 0 Å². The molecule has 0 unspecified atom stereocenters. The average Bonchev–Trinajstić information content (AvgIpc) is 2.85. The number of nitrogens with zero attached hydrogens (tertiary/aromatic N) is 2. The van der Waals surface area contributed by atoms with Gasteiger partial charge < -0.3 is 5.11 Å². The van der Waals surface area contributed by atoms with E-state index in [-0.39, 0.29) is 0 Å². The monoisotopic (exact) mass is 222 g/mol. The van der Waals surface area contributed by atoms with Crippen molar-refractivity contribution < 1.29 is 5.11 Å². The highest BCUT2D eigenvalue weighted by Gasteiger charge is 2.21. The Hall–Kier alpha value is -2.29. The molecule has 0 saturated heterocycles. The van der Waals surface area contributed by atoms with Gasteiger partial charge in [-0.2, -0.15) is 5.10 Å². The molecule has 1 aliphatic heterocycles. The second-order valence-electron chi connectivity index (χ2n) is 4.37. The van der Waals surface area contributed by atoms with Gasteiger partial charge in [0.2, 0.25) is 0 Å². The number of aromatic hydroxyl groups is 1. The van der Waals surface area contributed by atoms with Gasteiger partial charge in [-0.25, -0.2) is 4.68 Å². The molecule has 2 heterocycles. The predicted octanol–water partition coefficient (Wildman–Crippen LogP) is 2.64. The normalized spacial score (nSPS) is 12.7. The summed E-state index contributed by atoms with van der Waals surface area (Å²) < 4.78 is 1.99. The van der Waals surface area contributed by atoms with Gasteiger partial charge >= 0.3 is 0 Å². The Bertz CT molecular complexity index is 743. The molecule has 0 bridgehead atoms. The minimum absolute atomic E-state index is 0.296. The highest BCUT2D eigenvalue weighted by molar-refractivity contribution is 5.85. The summed E-state index contributed by atoms with van der Waals surface area (Å²) in [5.41, 5.74) is 4.54. The fourth-order valence-corrected chi connectivity index (χ4v) is 2.54. The maximum Gasteiger partial charge on any atom is 0.116 e. The van der Waals surface area contributed by atoms with Crippen LogP contribution in [-0.4, -0.2) is 14.9 Å². The summed E-state index contributed by atoms with van der Waals surface area (Å²) in [6.45, 7) is 0. The van der Waals surface area contributed by atoms with Crippen molar-refractivity contribution in [3.8, 4) is 11.4 Å². The number of phenolic OH excluding ortho intramolecular Hbond substituents is 1. The largest absolute Gasteiger partial charge is 0.508 e. The molecular formula is C14H10N2O. The van der Waals surface area contributed by atoms with Crippen LogP contribution in [0.4, 0.5) is 0 Å². The predicted molar refractivity (Wildman–Crippen MR) is 65.5 cm³/mol. The molecule has 17 heavy (non-hydrogen) atoms. The summed E-state index contributed by atoms with van der Waals surface area (Å²) in [7, 11) is 0. The van der Waals surface area contributed by atoms with Crippen LogP contribution in [0.2, 0.25) is 0 Å². The first kappa shape index (κ1) is 8.82. The number of hydrogen-bond donors (Lipinski definition) is 1. The lowest BCUT2D eigenvalue weighted by atomic mass is 10.1. The summed E-state index contributed by atoms with van der Waals surface area (Å²) >= 11 is 0. The molecule has 0 atom stereocenters. The van der Waals surface area contributed by atoms with Gasteiger partial charge in [-0.05, 0) is 29.8 Å². The molecule has 2 aromatic carbocycles. The minimum atomic E-state index is 0.296. The Labute approximate surface area is 97.9 Å². The van der Waals surface area contributed by atoms with E-state index in [1.807, 2.05) is 22.9 Å². The van der Waals surface area contributed by atoms with Crippen LogP contribution in [0, 0.1) is 0 Å². The molecule has 0 aliphatic carbocycles. The lowest BCUT2D eigenvalue weighted by Crippen LogP contribution is -1.93. The number of benzene rings is 2. The third kappa shape index (κ3) is 1.08. The topological polar surface area (TPSA) is 38.1 Å². The van der Waals surface area contributed by atoms with Gasteiger partial charge in [0, 0.05) is 11.8 Å². The van der Waals surface area contributed by atoms with Gasteiger partial charge in [0.25, 0.3) is 0 Å². The first-order valence-electron chi connectivity index (χ1n) is 5.62. The van der Waals surface area contributed by atoms with Crippen molar-refractivity contribution in [2.75, 3.05) is 0 Å².